The topological polar surface area (TPSA) is 55.8 Å². The third kappa shape index (κ3) is 7.23. The van der Waals surface area contributed by atoms with Crippen LogP contribution in [-0.4, -0.2) is 50.2 Å². The number of hydrogen-bond acceptors (Lipinski definition) is 5. The van der Waals surface area contributed by atoms with Gasteiger partial charge in [-0.2, -0.15) is 0 Å². The van der Waals surface area contributed by atoms with Crippen molar-refractivity contribution < 1.29 is 19.1 Å². The second-order valence-corrected chi connectivity index (χ2v) is 3.45. The van der Waals surface area contributed by atoms with Crippen LogP contribution in [0.1, 0.15) is 26.7 Å². The highest BCUT2D eigenvalue weighted by Crippen LogP contribution is 1.93. The summed E-state index contributed by atoms with van der Waals surface area (Å²) >= 11 is 0. The van der Waals surface area contributed by atoms with Crippen LogP contribution in [0.5, 0.6) is 0 Å². The SMILES string of the molecule is CCCCOC(=O)CN(CC)CC(=O)OC. The van der Waals surface area contributed by atoms with Gasteiger partial charge < -0.3 is 9.47 Å². The van der Waals surface area contributed by atoms with Crippen LogP contribution in [0, 0.1) is 0 Å². The number of carbonyl (C=O) groups is 2. The first-order valence-electron chi connectivity index (χ1n) is 5.58. The van der Waals surface area contributed by atoms with E-state index in [1.807, 2.05) is 13.8 Å². The molecule has 0 aliphatic heterocycles. The molecular weight excluding hydrogens is 210 g/mol. The lowest BCUT2D eigenvalue weighted by atomic mass is 10.4. The van der Waals surface area contributed by atoms with Gasteiger partial charge in [0.05, 0.1) is 26.8 Å². The lowest BCUT2D eigenvalue weighted by molar-refractivity contribution is -0.147. The smallest absolute Gasteiger partial charge is 0.320 e. The molecule has 0 saturated carbocycles. The van der Waals surface area contributed by atoms with E-state index in [1.54, 1.807) is 4.90 Å². The van der Waals surface area contributed by atoms with Crippen molar-refractivity contribution >= 4 is 11.9 Å². The summed E-state index contributed by atoms with van der Waals surface area (Å²) in [5.41, 5.74) is 0. The minimum absolute atomic E-state index is 0.121. The monoisotopic (exact) mass is 231 g/mol. The summed E-state index contributed by atoms with van der Waals surface area (Å²) in [5.74, 6) is -0.637. The zero-order valence-electron chi connectivity index (χ0n) is 10.3. The van der Waals surface area contributed by atoms with E-state index in [2.05, 4.69) is 4.74 Å². The summed E-state index contributed by atoms with van der Waals surface area (Å²) in [7, 11) is 1.33. The summed E-state index contributed by atoms with van der Waals surface area (Å²) in [4.78, 5) is 24.0. The molecule has 0 aromatic carbocycles. The molecule has 0 aliphatic carbocycles. The Labute approximate surface area is 96.7 Å². The highest BCUT2D eigenvalue weighted by Gasteiger charge is 2.13. The quantitative estimate of drug-likeness (QED) is 0.457. The minimum Gasteiger partial charge on any atom is -0.468 e. The fourth-order valence-electron chi connectivity index (χ4n) is 1.09. The largest absolute Gasteiger partial charge is 0.468 e. The molecule has 0 N–H and O–H groups in total. The van der Waals surface area contributed by atoms with Crippen molar-refractivity contribution in [1.29, 1.82) is 0 Å². The highest BCUT2D eigenvalue weighted by molar-refractivity contribution is 5.74. The summed E-state index contributed by atoms with van der Waals surface area (Å²) in [6.07, 6.45) is 1.86. The molecule has 0 bridgehead atoms. The number of nitrogens with zero attached hydrogens (tertiary/aromatic N) is 1. The number of ether oxygens (including phenoxy) is 2. The van der Waals surface area contributed by atoms with E-state index in [1.165, 1.54) is 7.11 Å². The maximum absolute atomic E-state index is 11.3. The second kappa shape index (κ2) is 9.15. The fraction of sp³-hybridized carbons (Fsp3) is 0.818. The number of methoxy groups -OCH3 is 1. The van der Waals surface area contributed by atoms with Gasteiger partial charge in [-0.15, -0.1) is 0 Å². The molecule has 5 nitrogen and oxygen atoms in total. The van der Waals surface area contributed by atoms with Gasteiger partial charge in [-0.1, -0.05) is 20.3 Å². The Kier molecular flexibility index (Phi) is 8.52. The van der Waals surface area contributed by atoms with Gasteiger partial charge in [0.2, 0.25) is 0 Å². The Morgan fingerprint density at radius 3 is 2.25 bits per heavy atom. The van der Waals surface area contributed by atoms with Crippen molar-refractivity contribution in [3.63, 3.8) is 0 Å². The average molecular weight is 231 g/mol. The van der Waals surface area contributed by atoms with Gasteiger partial charge in [0.15, 0.2) is 0 Å². The maximum Gasteiger partial charge on any atom is 0.320 e. The lowest BCUT2D eigenvalue weighted by Gasteiger charge is -2.17. The zero-order chi connectivity index (χ0) is 12.4. The fourth-order valence-corrected chi connectivity index (χ4v) is 1.09. The summed E-state index contributed by atoms with van der Waals surface area (Å²) in [5, 5.41) is 0. The van der Waals surface area contributed by atoms with Crippen LogP contribution in [0.2, 0.25) is 0 Å². The molecule has 0 atom stereocenters. The zero-order valence-corrected chi connectivity index (χ0v) is 10.3. The Balaban J connectivity index is 3.83. The number of carbonyl (C=O) groups excluding carboxylic acids is 2. The van der Waals surface area contributed by atoms with Crippen molar-refractivity contribution in [2.45, 2.75) is 26.7 Å². The van der Waals surface area contributed by atoms with Crippen LogP contribution in [0.25, 0.3) is 0 Å². The van der Waals surface area contributed by atoms with E-state index in [0.717, 1.165) is 12.8 Å². The summed E-state index contributed by atoms with van der Waals surface area (Å²) < 4.78 is 9.53. The maximum atomic E-state index is 11.3. The predicted octanol–water partition coefficient (Wildman–Crippen LogP) is 0.825. The molecule has 0 amide bonds. The van der Waals surface area contributed by atoms with E-state index >= 15 is 0 Å². The van der Waals surface area contributed by atoms with Gasteiger partial charge in [-0.3, -0.25) is 14.5 Å². The molecule has 94 valence electrons. The lowest BCUT2D eigenvalue weighted by Crippen LogP contribution is -2.35. The summed E-state index contributed by atoms with van der Waals surface area (Å²) in [6, 6.07) is 0. The average Bonchev–Trinajstić information content (AvgIpc) is 2.28. The number of esters is 2. The molecule has 0 rings (SSSR count). The van der Waals surface area contributed by atoms with Gasteiger partial charge in [0.1, 0.15) is 0 Å². The van der Waals surface area contributed by atoms with Crippen molar-refractivity contribution in [2.24, 2.45) is 0 Å². The van der Waals surface area contributed by atoms with Gasteiger partial charge in [-0.25, -0.2) is 0 Å². The Hall–Kier alpha value is -1.10. The number of unbranched alkanes of at least 4 members (excludes halogenated alkanes) is 1. The number of likely N-dealkylation sites (N-methyl/N-ethyl adjacent to an activating group) is 1. The molecule has 0 fully saturated rings. The molecule has 0 heterocycles. The molecule has 0 aromatic heterocycles. The van der Waals surface area contributed by atoms with Gasteiger partial charge >= 0.3 is 11.9 Å². The van der Waals surface area contributed by atoms with Crippen LogP contribution in [0.3, 0.4) is 0 Å². The van der Waals surface area contributed by atoms with Crippen molar-refractivity contribution in [2.75, 3.05) is 33.4 Å². The molecule has 5 heteroatoms. The van der Waals surface area contributed by atoms with E-state index in [-0.39, 0.29) is 25.0 Å². The molecule has 0 radical (unpaired) electrons. The van der Waals surface area contributed by atoms with Gasteiger partial charge in [-0.05, 0) is 13.0 Å². The Morgan fingerprint density at radius 1 is 1.12 bits per heavy atom. The molecule has 16 heavy (non-hydrogen) atoms. The first kappa shape index (κ1) is 14.9. The van der Waals surface area contributed by atoms with E-state index in [9.17, 15) is 9.59 Å². The summed E-state index contributed by atoms with van der Waals surface area (Å²) in [6.45, 7) is 5.22. The van der Waals surface area contributed by atoms with Crippen LogP contribution in [-0.2, 0) is 19.1 Å². The highest BCUT2D eigenvalue weighted by atomic mass is 16.5. The molecular formula is C11H21NO4. The van der Waals surface area contributed by atoms with Gasteiger partial charge in [0.25, 0.3) is 0 Å². The number of rotatable bonds is 8. The Bertz CT molecular complexity index is 218. The third-order valence-corrected chi connectivity index (χ3v) is 2.14. The van der Waals surface area contributed by atoms with Crippen molar-refractivity contribution in [3.05, 3.63) is 0 Å². The molecule has 0 unspecified atom stereocenters. The van der Waals surface area contributed by atoms with Crippen molar-refractivity contribution in [1.82, 2.24) is 4.90 Å². The standard InChI is InChI=1S/C11H21NO4/c1-4-6-7-16-11(14)9-12(5-2)8-10(13)15-3/h4-9H2,1-3H3. The molecule has 0 aliphatic rings. The molecule has 0 spiro atoms. The van der Waals surface area contributed by atoms with E-state index in [4.69, 9.17) is 4.74 Å². The normalized spacial score (nSPS) is 10.2. The molecule has 0 aromatic rings. The minimum atomic E-state index is -0.344. The molecule has 0 saturated heterocycles. The van der Waals surface area contributed by atoms with E-state index < -0.39 is 0 Å². The Morgan fingerprint density at radius 2 is 1.75 bits per heavy atom. The van der Waals surface area contributed by atoms with Gasteiger partial charge in [0, 0.05) is 0 Å². The van der Waals surface area contributed by atoms with Crippen LogP contribution >= 0.6 is 0 Å². The number of hydrogen-bond donors (Lipinski definition) is 0. The van der Waals surface area contributed by atoms with Crippen LogP contribution < -0.4 is 0 Å². The first-order chi connectivity index (χ1) is 7.63. The van der Waals surface area contributed by atoms with Crippen LogP contribution in [0.15, 0.2) is 0 Å². The third-order valence-electron chi connectivity index (χ3n) is 2.14. The second-order valence-electron chi connectivity index (χ2n) is 3.45. The predicted molar refractivity (Wildman–Crippen MR) is 60.0 cm³/mol. The first-order valence-corrected chi connectivity index (χ1v) is 5.58. The van der Waals surface area contributed by atoms with E-state index in [0.29, 0.717) is 13.2 Å². The van der Waals surface area contributed by atoms with Crippen molar-refractivity contribution in [3.8, 4) is 0 Å². The van der Waals surface area contributed by atoms with Crippen LogP contribution in [0.4, 0.5) is 0 Å².